The minimum atomic E-state index is -1.06. The van der Waals surface area contributed by atoms with Crippen molar-refractivity contribution in [2.45, 2.75) is 25.8 Å². The van der Waals surface area contributed by atoms with E-state index in [0.717, 1.165) is 5.69 Å². The van der Waals surface area contributed by atoms with E-state index in [4.69, 9.17) is 0 Å². The molecule has 1 heterocycles. The van der Waals surface area contributed by atoms with Crippen molar-refractivity contribution < 1.29 is 19.5 Å². The van der Waals surface area contributed by atoms with Gasteiger partial charge in [-0.3, -0.25) is 9.59 Å². The molecular weight excluding hydrogens is 344 g/mol. The average Bonchev–Trinajstić information content (AvgIpc) is 3.05. The van der Waals surface area contributed by atoms with Gasteiger partial charge in [-0.05, 0) is 37.1 Å². The second-order valence-corrected chi connectivity index (χ2v) is 6.45. The number of carbonyl (C=O) groups excluding carboxylic acids is 2. The standard InChI is InChI=1S/C21H22N2O4/c1-2-22(19(24)14-15-8-6-7-11-17(15)21(26)27)18-12-13-23(20(18)25)16-9-4-3-5-10-16/h3-11,18H,2,12-14H2,1H3,(H,26,27). The molecule has 0 spiro atoms. The van der Waals surface area contributed by atoms with E-state index in [0.29, 0.717) is 25.1 Å². The molecule has 0 aliphatic carbocycles. The molecule has 0 bridgehead atoms. The monoisotopic (exact) mass is 366 g/mol. The molecule has 2 amide bonds. The lowest BCUT2D eigenvalue weighted by molar-refractivity contribution is -0.137. The molecule has 6 nitrogen and oxygen atoms in total. The summed E-state index contributed by atoms with van der Waals surface area (Å²) >= 11 is 0. The third kappa shape index (κ3) is 3.84. The number of carboxylic acid groups (broad SMARTS) is 1. The van der Waals surface area contributed by atoms with Gasteiger partial charge < -0.3 is 14.9 Å². The summed E-state index contributed by atoms with van der Waals surface area (Å²) in [7, 11) is 0. The van der Waals surface area contributed by atoms with Gasteiger partial charge >= 0.3 is 5.97 Å². The van der Waals surface area contributed by atoms with Crippen LogP contribution in [-0.2, 0) is 16.0 Å². The molecule has 2 aromatic rings. The minimum absolute atomic E-state index is 0.0363. The average molecular weight is 366 g/mol. The fourth-order valence-corrected chi connectivity index (χ4v) is 3.54. The van der Waals surface area contributed by atoms with Gasteiger partial charge in [0.2, 0.25) is 11.8 Å². The normalized spacial score (nSPS) is 16.4. The molecule has 1 aliphatic rings. The predicted molar refractivity (Wildman–Crippen MR) is 102 cm³/mol. The number of para-hydroxylation sites is 1. The molecule has 140 valence electrons. The zero-order chi connectivity index (χ0) is 19.4. The third-order valence-electron chi connectivity index (χ3n) is 4.87. The molecule has 27 heavy (non-hydrogen) atoms. The Balaban J connectivity index is 1.76. The van der Waals surface area contributed by atoms with E-state index in [2.05, 4.69) is 0 Å². The Labute approximate surface area is 158 Å². The fraction of sp³-hybridized carbons (Fsp3) is 0.286. The second kappa shape index (κ2) is 8.03. The van der Waals surface area contributed by atoms with Crippen LogP contribution in [0.2, 0.25) is 0 Å². The quantitative estimate of drug-likeness (QED) is 0.852. The number of amides is 2. The lowest BCUT2D eigenvalue weighted by Gasteiger charge is -2.27. The third-order valence-corrected chi connectivity index (χ3v) is 4.87. The molecular formula is C21H22N2O4. The van der Waals surface area contributed by atoms with Gasteiger partial charge in [-0.25, -0.2) is 4.79 Å². The number of aromatic carboxylic acids is 1. The van der Waals surface area contributed by atoms with Crippen LogP contribution in [0.3, 0.4) is 0 Å². The zero-order valence-corrected chi connectivity index (χ0v) is 15.2. The first-order chi connectivity index (χ1) is 13.0. The van der Waals surface area contributed by atoms with Crippen LogP contribution in [0.15, 0.2) is 54.6 Å². The van der Waals surface area contributed by atoms with Crippen molar-refractivity contribution in [1.82, 2.24) is 4.90 Å². The molecule has 2 aromatic carbocycles. The van der Waals surface area contributed by atoms with E-state index in [1.807, 2.05) is 37.3 Å². The van der Waals surface area contributed by atoms with Crippen molar-refractivity contribution in [1.29, 1.82) is 0 Å². The maximum absolute atomic E-state index is 12.9. The second-order valence-electron chi connectivity index (χ2n) is 6.45. The molecule has 0 radical (unpaired) electrons. The number of carbonyl (C=O) groups is 3. The predicted octanol–water partition coefficient (Wildman–Crippen LogP) is 2.58. The number of nitrogens with zero attached hydrogens (tertiary/aromatic N) is 2. The lowest BCUT2D eigenvalue weighted by Crippen LogP contribution is -2.46. The van der Waals surface area contributed by atoms with Crippen LogP contribution >= 0.6 is 0 Å². The molecule has 1 N–H and O–H groups in total. The largest absolute Gasteiger partial charge is 0.478 e. The lowest BCUT2D eigenvalue weighted by atomic mass is 10.0. The smallest absolute Gasteiger partial charge is 0.335 e. The van der Waals surface area contributed by atoms with Crippen LogP contribution < -0.4 is 4.90 Å². The van der Waals surface area contributed by atoms with Gasteiger partial charge in [0.15, 0.2) is 0 Å². The number of benzene rings is 2. The van der Waals surface area contributed by atoms with Crippen LogP contribution in [0.5, 0.6) is 0 Å². The van der Waals surface area contributed by atoms with E-state index >= 15 is 0 Å². The fourth-order valence-electron chi connectivity index (χ4n) is 3.54. The van der Waals surface area contributed by atoms with Crippen molar-refractivity contribution in [3.05, 3.63) is 65.7 Å². The Hall–Kier alpha value is -3.15. The van der Waals surface area contributed by atoms with Crippen LogP contribution in [0.1, 0.15) is 29.3 Å². The molecule has 0 saturated carbocycles. The van der Waals surface area contributed by atoms with Gasteiger partial charge in [-0.15, -0.1) is 0 Å². The van der Waals surface area contributed by atoms with Gasteiger partial charge in [0.25, 0.3) is 0 Å². The zero-order valence-electron chi connectivity index (χ0n) is 15.2. The molecule has 1 atom stereocenters. The summed E-state index contributed by atoms with van der Waals surface area (Å²) in [5, 5.41) is 9.30. The van der Waals surface area contributed by atoms with E-state index in [1.165, 1.54) is 6.07 Å². The molecule has 1 fully saturated rings. The molecule has 3 rings (SSSR count). The minimum Gasteiger partial charge on any atom is -0.478 e. The first-order valence-electron chi connectivity index (χ1n) is 9.00. The summed E-state index contributed by atoms with van der Waals surface area (Å²) in [6.07, 6.45) is 0.527. The summed E-state index contributed by atoms with van der Waals surface area (Å²) in [5.74, 6) is -1.39. The maximum atomic E-state index is 12.9. The van der Waals surface area contributed by atoms with E-state index in [-0.39, 0.29) is 23.8 Å². The number of rotatable bonds is 6. The Kier molecular flexibility index (Phi) is 5.54. The number of hydrogen-bond donors (Lipinski definition) is 1. The first kappa shape index (κ1) is 18.6. The number of likely N-dealkylation sites (N-methyl/N-ethyl adjacent to an activating group) is 1. The molecule has 1 aliphatic heterocycles. The van der Waals surface area contributed by atoms with Crippen LogP contribution in [-0.4, -0.2) is 46.9 Å². The molecule has 6 heteroatoms. The van der Waals surface area contributed by atoms with Crippen molar-refractivity contribution in [2.24, 2.45) is 0 Å². The summed E-state index contributed by atoms with van der Waals surface area (Å²) in [6.45, 7) is 2.79. The van der Waals surface area contributed by atoms with Gasteiger partial charge in [-0.1, -0.05) is 36.4 Å². The Morgan fingerprint density at radius 3 is 2.44 bits per heavy atom. The van der Waals surface area contributed by atoms with E-state index in [1.54, 1.807) is 28.0 Å². The highest BCUT2D eigenvalue weighted by Crippen LogP contribution is 2.25. The van der Waals surface area contributed by atoms with E-state index in [9.17, 15) is 19.5 Å². The SMILES string of the molecule is CCN(C(=O)Cc1ccccc1C(=O)O)C1CCN(c2ccccc2)C1=O. The number of carboxylic acids is 1. The molecule has 0 aromatic heterocycles. The molecule has 1 saturated heterocycles. The van der Waals surface area contributed by atoms with Gasteiger partial charge in [-0.2, -0.15) is 0 Å². The first-order valence-corrected chi connectivity index (χ1v) is 9.00. The highest BCUT2D eigenvalue weighted by molar-refractivity contribution is 6.01. The van der Waals surface area contributed by atoms with Gasteiger partial charge in [0, 0.05) is 18.8 Å². The van der Waals surface area contributed by atoms with Crippen LogP contribution in [0, 0.1) is 0 Å². The topological polar surface area (TPSA) is 77.9 Å². The van der Waals surface area contributed by atoms with Crippen molar-refractivity contribution >= 4 is 23.5 Å². The Morgan fingerprint density at radius 2 is 1.78 bits per heavy atom. The van der Waals surface area contributed by atoms with Crippen LogP contribution in [0.25, 0.3) is 0 Å². The summed E-state index contributed by atoms with van der Waals surface area (Å²) in [5.41, 5.74) is 1.40. The summed E-state index contributed by atoms with van der Waals surface area (Å²) in [4.78, 5) is 40.4. The van der Waals surface area contributed by atoms with E-state index < -0.39 is 12.0 Å². The van der Waals surface area contributed by atoms with Crippen molar-refractivity contribution in [3.63, 3.8) is 0 Å². The number of anilines is 1. The van der Waals surface area contributed by atoms with Crippen LogP contribution in [0.4, 0.5) is 5.69 Å². The highest BCUT2D eigenvalue weighted by Gasteiger charge is 2.38. The summed E-state index contributed by atoms with van der Waals surface area (Å²) < 4.78 is 0. The summed E-state index contributed by atoms with van der Waals surface area (Å²) in [6, 6.07) is 15.4. The molecule has 1 unspecified atom stereocenters. The van der Waals surface area contributed by atoms with Crippen molar-refractivity contribution in [2.75, 3.05) is 18.0 Å². The Morgan fingerprint density at radius 1 is 1.11 bits per heavy atom. The van der Waals surface area contributed by atoms with Gasteiger partial charge in [0.05, 0.1) is 12.0 Å². The van der Waals surface area contributed by atoms with Gasteiger partial charge in [0.1, 0.15) is 6.04 Å². The Bertz CT molecular complexity index is 850. The number of hydrogen-bond acceptors (Lipinski definition) is 3. The van der Waals surface area contributed by atoms with Crippen molar-refractivity contribution in [3.8, 4) is 0 Å². The maximum Gasteiger partial charge on any atom is 0.335 e. The highest BCUT2D eigenvalue weighted by atomic mass is 16.4.